The van der Waals surface area contributed by atoms with Crippen LogP contribution in [0.4, 0.5) is 30.8 Å². The first-order chi connectivity index (χ1) is 15.2. The summed E-state index contributed by atoms with van der Waals surface area (Å²) in [6.45, 7) is 3.73. The van der Waals surface area contributed by atoms with Crippen molar-refractivity contribution >= 4 is 23.5 Å². The van der Waals surface area contributed by atoms with Crippen LogP contribution in [0.1, 0.15) is 36.9 Å². The monoisotopic (exact) mass is 445 g/mol. The molecule has 168 valence electrons. The standard InChI is InChI=1S/C21H22F3N7O/c1-13(32)30-6-2-3-15(12-30)17-8-19(29-20(27-17)31-10-14(9-25)11-31)28-18-7-16(4-5-26-18)21(22,23)24/h4-5,7-8,14-15H,2-3,6,10-12H2,1H3,(H,26,27,28,29). The number of halogens is 3. The lowest BCUT2D eigenvalue weighted by Gasteiger charge is -2.36. The molecule has 2 saturated heterocycles. The molecule has 1 N–H and O–H groups in total. The van der Waals surface area contributed by atoms with Gasteiger partial charge in [-0.05, 0) is 25.0 Å². The van der Waals surface area contributed by atoms with Crippen molar-refractivity contribution in [2.75, 3.05) is 36.4 Å². The molecule has 2 aliphatic rings. The number of nitriles is 1. The fourth-order valence-corrected chi connectivity index (χ4v) is 3.90. The van der Waals surface area contributed by atoms with Gasteiger partial charge >= 0.3 is 6.18 Å². The van der Waals surface area contributed by atoms with Gasteiger partial charge < -0.3 is 15.1 Å². The molecule has 0 saturated carbocycles. The molecule has 0 spiro atoms. The van der Waals surface area contributed by atoms with E-state index in [2.05, 4.69) is 26.3 Å². The number of carbonyl (C=O) groups is 1. The van der Waals surface area contributed by atoms with E-state index in [-0.39, 0.29) is 23.6 Å². The molecule has 0 aromatic carbocycles. The minimum Gasteiger partial charge on any atom is -0.342 e. The van der Waals surface area contributed by atoms with Gasteiger partial charge in [-0.1, -0.05) is 0 Å². The van der Waals surface area contributed by atoms with Crippen molar-refractivity contribution in [2.45, 2.75) is 31.9 Å². The topological polar surface area (TPSA) is 98.0 Å². The van der Waals surface area contributed by atoms with Crippen molar-refractivity contribution in [3.63, 3.8) is 0 Å². The van der Waals surface area contributed by atoms with Crippen molar-refractivity contribution in [3.8, 4) is 6.07 Å². The van der Waals surface area contributed by atoms with E-state index in [0.29, 0.717) is 43.6 Å². The molecule has 32 heavy (non-hydrogen) atoms. The van der Waals surface area contributed by atoms with E-state index in [0.717, 1.165) is 31.2 Å². The Balaban J connectivity index is 1.64. The van der Waals surface area contributed by atoms with Crippen LogP contribution >= 0.6 is 0 Å². The summed E-state index contributed by atoms with van der Waals surface area (Å²) in [5.74, 6) is 0.614. The van der Waals surface area contributed by atoms with Gasteiger partial charge in [-0.3, -0.25) is 4.79 Å². The first-order valence-corrected chi connectivity index (χ1v) is 10.3. The number of likely N-dealkylation sites (tertiary alicyclic amines) is 1. The molecule has 2 aromatic heterocycles. The highest BCUT2D eigenvalue weighted by atomic mass is 19.4. The van der Waals surface area contributed by atoms with Crippen molar-refractivity contribution in [1.82, 2.24) is 19.9 Å². The number of amides is 1. The van der Waals surface area contributed by atoms with E-state index in [1.165, 1.54) is 6.92 Å². The van der Waals surface area contributed by atoms with Crippen molar-refractivity contribution in [3.05, 3.63) is 35.7 Å². The SMILES string of the molecule is CC(=O)N1CCCC(c2cc(Nc3cc(C(F)(F)F)ccn3)nc(N3CC(C#N)C3)n2)C1. The van der Waals surface area contributed by atoms with E-state index in [9.17, 15) is 18.0 Å². The second-order valence-electron chi connectivity index (χ2n) is 8.07. The van der Waals surface area contributed by atoms with E-state index in [1.54, 1.807) is 11.0 Å². The van der Waals surface area contributed by atoms with Crippen molar-refractivity contribution < 1.29 is 18.0 Å². The number of carbonyl (C=O) groups excluding carboxylic acids is 1. The molecule has 4 heterocycles. The Morgan fingerprint density at radius 3 is 2.69 bits per heavy atom. The minimum atomic E-state index is -4.48. The molecule has 2 aliphatic heterocycles. The van der Waals surface area contributed by atoms with E-state index in [1.807, 2.05) is 4.90 Å². The summed E-state index contributed by atoms with van der Waals surface area (Å²) >= 11 is 0. The number of piperidine rings is 1. The highest BCUT2D eigenvalue weighted by Gasteiger charge is 2.32. The molecule has 2 fully saturated rings. The van der Waals surface area contributed by atoms with Crippen LogP contribution in [0.2, 0.25) is 0 Å². The zero-order chi connectivity index (χ0) is 22.9. The molecule has 11 heteroatoms. The van der Waals surface area contributed by atoms with Crippen LogP contribution in [-0.2, 0) is 11.0 Å². The molecule has 0 bridgehead atoms. The predicted molar refractivity (Wildman–Crippen MR) is 110 cm³/mol. The predicted octanol–water partition coefficient (Wildman–Crippen LogP) is 3.32. The number of anilines is 3. The Morgan fingerprint density at radius 2 is 2.00 bits per heavy atom. The van der Waals surface area contributed by atoms with Crippen molar-refractivity contribution in [1.29, 1.82) is 5.26 Å². The Morgan fingerprint density at radius 1 is 1.22 bits per heavy atom. The summed E-state index contributed by atoms with van der Waals surface area (Å²) in [5.41, 5.74) is -0.107. The highest BCUT2D eigenvalue weighted by molar-refractivity contribution is 5.73. The third kappa shape index (κ3) is 4.74. The number of rotatable bonds is 4. The molecule has 4 rings (SSSR count). The van der Waals surface area contributed by atoms with Gasteiger partial charge in [0.25, 0.3) is 0 Å². The third-order valence-corrected chi connectivity index (χ3v) is 5.71. The van der Waals surface area contributed by atoms with Crippen LogP contribution in [-0.4, -0.2) is 51.9 Å². The van der Waals surface area contributed by atoms with Gasteiger partial charge in [-0.2, -0.15) is 23.4 Å². The van der Waals surface area contributed by atoms with Crippen molar-refractivity contribution in [2.24, 2.45) is 5.92 Å². The molecule has 1 amide bonds. The van der Waals surface area contributed by atoms with Crippen LogP contribution in [0, 0.1) is 17.2 Å². The normalized spacial score (nSPS) is 19.3. The van der Waals surface area contributed by atoms with Gasteiger partial charge in [0.1, 0.15) is 11.6 Å². The maximum atomic E-state index is 13.1. The Labute approximate surface area is 183 Å². The quantitative estimate of drug-likeness (QED) is 0.771. The lowest BCUT2D eigenvalue weighted by molar-refractivity contribution is -0.137. The molecular formula is C21H22F3N7O. The molecular weight excluding hydrogens is 423 g/mol. The lowest BCUT2D eigenvalue weighted by Crippen LogP contribution is -2.47. The molecule has 8 nitrogen and oxygen atoms in total. The number of aromatic nitrogens is 3. The number of pyridine rings is 1. The first kappa shape index (κ1) is 21.8. The fraction of sp³-hybridized carbons (Fsp3) is 0.476. The Kier molecular flexibility index (Phi) is 5.86. The second kappa shape index (κ2) is 8.61. The van der Waals surface area contributed by atoms with Gasteiger partial charge in [0.15, 0.2) is 0 Å². The summed E-state index contributed by atoms with van der Waals surface area (Å²) in [5, 5.41) is 11.9. The summed E-state index contributed by atoms with van der Waals surface area (Å²) < 4.78 is 39.2. The summed E-state index contributed by atoms with van der Waals surface area (Å²) in [4.78, 5) is 28.6. The minimum absolute atomic E-state index is 0.00454. The molecule has 2 aromatic rings. The van der Waals surface area contributed by atoms with Crippen LogP contribution in [0.25, 0.3) is 0 Å². The summed E-state index contributed by atoms with van der Waals surface area (Å²) in [6.07, 6.45) is -1.72. The van der Waals surface area contributed by atoms with Gasteiger partial charge in [0, 0.05) is 51.3 Å². The number of hydrogen-bond acceptors (Lipinski definition) is 7. The Bertz CT molecular complexity index is 1050. The first-order valence-electron chi connectivity index (χ1n) is 10.3. The average molecular weight is 445 g/mol. The maximum absolute atomic E-state index is 13.1. The number of hydrogen-bond donors (Lipinski definition) is 1. The molecule has 0 radical (unpaired) electrons. The fourth-order valence-electron chi connectivity index (χ4n) is 3.90. The van der Waals surface area contributed by atoms with Gasteiger partial charge in [-0.15, -0.1) is 0 Å². The Hall–Kier alpha value is -3.42. The number of nitrogens with zero attached hydrogens (tertiary/aromatic N) is 6. The summed E-state index contributed by atoms with van der Waals surface area (Å²) in [7, 11) is 0. The van der Waals surface area contributed by atoms with E-state index >= 15 is 0 Å². The zero-order valence-corrected chi connectivity index (χ0v) is 17.4. The van der Waals surface area contributed by atoms with E-state index < -0.39 is 11.7 Å². The van der Waals surface area contributed by atoms with Gasteiger partial charge in [0.05, 0.1) is 23.2 Å². The van der Waals surface area contributed by atoms with Crippen LogP contribution in [0.3, 0.4) is 0 Å². The zero-order valence-electron chi connectivity index (χ0n) is 17.4. The third-order valence-electron chi connectivity index (χ3n) is 5.71. The average Bonchev–Trinajstić information content (AvgIpc) is 2.72. The van der Waals surface area contributed by atoms with Gasteiger partial charge in [-0.25, -0.2) is 9.97 Å². The number of alkyl halides is 3. The number of nitrogens with one attached hydrogen (secondary N) is 1. The summed E-state index contributed by atoms with van der Waals surface area (Å²) in [6, 6.07) is 5.73. The molecule has 1 atom stereocenters. The molecule has 1 unspecified atom stereocenters. The van der Waals surface area contributed by atoms with Gasteiger partial charge in [0.2, 0.25) is 11.9 Å². The maximum Gasteiger partial charge on any atom is 0.416 e. The van der Waals surface area contributed by atoms with Crippen LogP contribution < -0.4 is 10.2 Å². The van der Waals surface area contributed by atoms with Crippen LogP contribution in [0.15, 0.2) is 24.4 Å². The lowest BCUT2D eigenvalue weighted by atomic mass is 9.94. The second-order valence-corrected chi connectivity index (χ2v) is 8.07. The smallest absolute Gasteiger partial charge is 0.342 e. The molecule has 0 aliphatic carbocycles. The van der Waals surface area contributed by atoms with Crippen LogP contribution in [0.5, 0.6) is 0 Å². The van der Waals surface area contributed by atoms with E-state index in [4.69, 9.17) is 5.26 Å². The highest BCUT2D eigenvalue weighted by Crippen LogP contribution is 2.33. The largest absolute Gasteiger partial charge is 0.416 e.